The van der Waals surface area contributed by atoms with E-state index in [1.54, 1.807) is 18.5 Å². The lowest BCUT2D eigenvalue weighted by molar-refractivity contribution is -0.120. The Hall–Kier alpha value is -3.12. The number of aromatic nitrogens is 2. The topological polar surface area (TPSA) is 67.4 Å². The maximum atomic E-state index is 12.8. The number of anilines is 2. The molecule has 4 rings (SSSR count). The number of hydrogen-bond donors (Lipinski definition) is 1. The van der Waals surface area contributed by atoms with Crippen molar-refractivity contribution in [3.8, 4) is 11.6 Å². The van der Waals surface area contributed by atoms with E-state index >= 15 is 0 Å². The molecule has 1 N–H and O–H groups in total. The van der Waals surface area contributed by atoms with Crippen LogP contribution in [0.3, 0.4) is 0 Å². The predicted molar refractivity (Wildman–Crippen MR) is 123 cm³/mol. The summed E-state index contributed by atoms with van der Waals surface area (Å²) in [4.78, 5) is 23.8. The maximum Gasteiger partial charge on any atom is 0.263 e. The second-order valence-corrected chi connectivity index (χ2v) is 8.25. The minimum Gasteiger partial charge on any atom is -0.436 e. The average molecular weight is 437 g/mol. The number of hydrogen-bond acceptors (Lipinski definition) is 5. The van der Waals surface area contributed by atoms with Crippen LogP contribution in [0.1, 0.15) is 24.0 Å². The normalized spacial score (nSPS) is 14.4. The number of aryl methyl sites for hydroxylation is 2. The van der Waals surface area contributed by atoms with Gasteiger partial charge in [0.05, 0.1) is 0 Å². The first-order valence-corrected chi connectivity index (χ1v) is 10.7. The first-order chi connectivity index (χ1) is 15.0. The van der Waals surface area contributed by atoms with E-state index in [2.05, 4.69) is 20.2 Å². The van der Waals surface area contributed by atoms with Crippen LogP contribution in [0.15, 0.2) is 54.9 Å². The Morgan fingerprint density at radius 1 is 1.06 bits per heavy atom. The molecule has 1 saturated heterocycles. The number of carbonyl (C=O) groups is 1. The zero-order valence-corrected chi connectivity index (χ0v) is 18.4. The van der Waals surface area contributed by atoms with Gasteiger partial charge in [0, 0.05) is 42.1 Å². The fourth-order valence-electron chi connectivity index (χ4n) is 3.68. The van der Waals surface area contributed by atoms with Crippen LogP contribution in [-0.2, 0) is 4.79 Å². The Kier molecular flexibility index (Phi) is 6.37. The third-order valence-electron chi connectivity index (χ3n) is 5.49. The standard InChI is InChI=1S/C24H25ClN4O2/c1-16-3-6-20(7-4-16)31-24-22(26-11-12-27-24)29-13-9-18(10-14-29)23(30)28-21-8-5-19(25)15-17(21)2/h3-8,11-12,15,18H,9-10,13-14H2,1-2H3,(H,28,30). The van der Waals surface area contributed by atoms with Gasteiger partial charge in [0.2, 0.25) is 5.91 Å². The summed E-state index contributed by atoms with van der Waals surface area (Å²) in [7, 11) is 0. The molecule has 0 aliphatic carbocycles. The minimum absolute atomic E-state index is 0.0420. The van der Waals surface area contributed by atoms with Gasteiger partial charge in [-0.25, -0.2) is 9.97 Å². The lowest BCUT2D eigenvalue weighted by Gasteiger charge is -2.32. The molecule has 0 spiro atoms. The molecule has 1 amide bonds. The molecule has 31 heavy (non-hydrogen) atoms. The Balaban J connectivity index is 1.39. The second kappa shape index (κ2) is 9.35. The van der Waals surface area contributed by atoms with E-state index in [1.807, 2.05) is 50.2 Å². The summed E-state index contributed by atoms with van der Waals surface area (Å²) < 4.78 is 5.99. The van der Waals surface area contributed by atoms with Gasteiger partial charge < -0.3 is 15.0 Å². The van der Waals surface area contributed by atoms with Gasteiger partial charge in [-0.2, -0.15) is 0 Å². The summed E-state index contributed by atoms with van der Waals surface area (Å²) in [6, 6.07) is 13.3. The molecule has 1 fully saturated rings. The largest absolute Gasteiger partial charge is 0.436 e. The van der Waals surface area contributed by atoms with Crippen LogP contribution in [-0.4, -0.2) is 29.0 Å². The van der Waals surface area contributed by atoms with Gasteiger partial charge in [-0.05, 0) is 62.6 Å². The molecule has 0 bridgehead atoms. The van der Waals surface area contributed by atoms with E-state index < -0.39 is 0 Å². The van der Waals surface area contributed by atoms with Gasteiger partial charge in [0.1, 0.15) is 5.75 Å². The van der Waals surface area contributed by atoms with Gasteiger partial charge in [-0.1, -0.05) is 29.3 Å². The van der Waals surface area contributed by atoms with Gasteiger partial charge in [-0.3, -0.25) is 4.79 Å². The molecule has 1 aromatic heterocycles. The zero-order valence-electron chi connectivity index (χ0n) is 17.6. The van der Waals surface area contributed by atoms with Crippen molar-refractivity contribution in [2.75, 3.05) is 23.3 Å². The van der Waals surface area contributed by atoms with Crippen molar-refractivity contribution in [2.24, 2.45) is 5.92 Å². The number of halogens is 1. The molecule has 0 unspecified atom stereocenters. The third kappa shape index (κ3) is 5.14. The van der Waals surface area contributed by atoms with E-state index in [4.69, 9.17) is 16.3 Å². The molecule has 1 aliphatic heterocycles. The van der Waals surface area contributed by atoms with Gasteiger partial charge in [0.15, 0.2) is 5.82 Å². The van der Waals surface area contributed by atoms with E-state index in [0.29, 0.717) is 29.8 Å². The van der Waals surface area contributed by atoms with Crippen molar-refractivity contribution in [2.45, 2.75) is 26.7 Å². The summed E-state index contributed by atoms with van der Waals surface area (Å²) in [6.45, 7) is 5.39. The Bertz CT molecular complexity index is 1060. The highest BCUT2D eigenvalue weighted by molar-refractivity contribution is 6.30. The molecule has 1 aliphatic rings. The number of rotatable bonds is 5. The molecule has 160 valence electrons. The van der Waals surface area contributed by atoms with Crippen molar-refractivity contribution < 1.29 is 9.53 Å². The number of nitrogens with zero attached hydrogens (tertiary/aromatic N) is 3. The summed E-state index contributed by atoms with van der Waals surface area (Å²) in [5.74, 6) is 1.89. The van der Waals surface area contributed by atoms with Crippen molar-refractivity contribution in [1.82, 2.24) is 9.97 Å². The molecular weight excluding hydrogens is 412 g/mol. The van der Waals surface area contributed by atoms with Crippen LogP contribution < -0.4 is 15.0 Å². The zero-order chi connectivity index (χ0) is 21.8. The summed E-state index contributed by atoms with van der Waals surface area (Å²) >= 11 is 6.01. The number of ether oxygens (including phenoxy) is 1. The second-order valence-electron chi connectivity index (χ2n) is 7.81. The lowest BCUT2D eigenvalue weighted by atomic mass is 9.95. The smallest absolute Gasteiger partial charge is 0.263 e. The molecule has 6 nitrogen and oxygen atoms in total. The van der Waals surface area contributed by atoms with Crippen molar-refractivity contribution in [1.29, 1.82) is 0 Å². The third-order valence-corrected chi connectivity index (χ3v) is 5.73. The van der Waals surface area contributed by atoms with Gasteiger partial charge in [0.25, 0.3) is 5.88 Å². The summed E-state index contributed by atoms with van der Waals surface area (Å²) in [6.07, 6.45) is 4.76. The molecule has 0 saturated carbocycles. The highest BCUT2D eigenvalue weighted by Crippen LogP contribution is 2.31. The first kappa shape index (κ1) is 21.1. The molecule has 0 radical (unpaired) electrons. The summed E-state index contributed by atoms with van der Waals surface area (Å²) in [5.41, 5.74) is 2.93. The Morgan fingerprint density at radius 2 is 1.77 bits per heavy atom. The highest BCUT2D eigenvalue weighted by Gasteiger charge is 2.27. The maximum absolute atomic E-state index is 12.8. The van der Waals surface area contributed by atoms with Crippen LogP contribution in [0.2, 0.25) is 5.02 Å². The van der Waals surface area contributed by atoms with Crippen molar-refractivity contribution in [3.05, 3.63) is 71.0 Å². The van der Waals surface area contributed by atoms with Crippen LogP contribution in [0.25, 0.3) is 0 Å². The van der Waals surface area contributed by atoms with Crippen LogP contribution in [0.4, 0.5) is 11.5 Å². The fraction of sp³-hybridized carbons (Fsp3) is 0.292. The molecule has 0 atom stereocenters. The van der Waals surface area contributed by atoms with E-state index in [1.165, 1.54) is 5.56 Å². The first-order valence-electron chi connectivity index (χ1n) is 10.4. The number of nitrogens with one attached hydrogen (secondary N) is 1. The number of benzene rings is 2. The SMILES string of the molecule is Cc1ccc(Oc2nccnc2N2CCC(C(=O)Nc3ccc(Cl)cc3C)CC2)cc1. The van der Waals surface area contributed by atoms with Crippen molar-refractivity contribution >= 4 is 29.0 Å². The summed E-state index contributed by atoms with van der Waals surface area (Å²) in [5, 5.41) is 3.70. The van der Waals surface area contributed by atoms with Crippen molar-refractivity contribution in [3.63, 3.8) is 0 Å². The van der Waals surface area contributed by atoms with Crippen LogP contribution in [0.5, 0.6) is 11.6 Å². The molecular formula is C24H25ClN4O2. The van der Waals surface area contributed by atoms with Crippen LogP contribution >= 0.6 is 11.6 Å². The van der Waals surface area contributed by atoms with Crippen LogP contribution in [0, 0.1) is 19.8 Å². The quantitative estimate of drug-likeness (QED) is 0.580. The monoisotopic (exact) mass is 436 g/mol. The van der Waals surface area contributed by atoms with E-state index in [-0.39, 0.29) is 11.8 Å². The number of carbonyl (C=O) groups excluding carboxylic acids is 1. The molecule has 7 heteroatoms. The predicted octanol–water partition coefficient (Wildman–Crippen LogP) is 5.39. The fourth-order valence-corrected chi connectivity index (χ4v) is 3.91. The Labute approximate surface area is 187 Å². The lowest BCUT2D eigenvalue weighted by Crippen LogP contribution is -2.38. The number of amides is 1. The Morgan fingerprint density at radius 3 is 2.48 bits per heavy atom. The molecule has 2 aromatic carbocycles. The molecule has 3 aromatic rings. The minimum atomic E-state index is -0.0514. The average Bonchev–Trinajstić information content (AvgIpc) is 2.78. The highest BCUT2D eigenvalue weighted by atomic mass is 35.5. The van der Waals surface area contributed by atoms with E-state index in [0.717, 1.165) is 29.8 Å². The van der Waals surface area contributed by atoms with Gasteiger partial charge in [-0.15, -0.1) is 0 Å². The van der Waals surface area contributed by atoms with Gasteiger partial charge >= 0.3 is 0 Å². The number of piperidine rings is 1. The van der Waals surface area contributed by atoms with E-state index in [9.17, 15) is 4.79 Å². The molecule has 2 heterocycles.